The van der Waals surface area contributed by atoms with Crippen LogP contribution in [0.3, 0.4) is 0 Å². The molecule has 0 heterocycles. The average molecular weight is 603 g/mol. The second-order valence-corrected chi connectivity index (χ2v) is 16.6. The lowest BCUT2D eigenvalue weighted by Gasteiger charge is -2.44. The summed E-state index contributed by atoms with van der Waals surface area (Å²) in [5.41, 5.74) is 23.5. The minimum atomic E-state index is -0.200. The number of benzene rings is 4. The van der Waals surface area contributed by atoms with E-state index in [9.17, 15) is 0 Å². The molecule has 234 valence electrons. The van der Waals surface area contributed by atoms with E-state index in [0.29, 0.717) is 17.8 Å². The van der Waals surface area contributed by atoms with Crippen molar-refractivity contribution in [2.45, 2.75) is 99.8 Å². The molecule has 0 N–H and O–H groups in total. The Kier molecular flexibility index (Phi) is 6.27. The van der Waals surface area contributed by atoms with Crippen molar-refractivity contribution in [3.63, 3.8) is 0 Å². The first-order valence-corrected chi connectivity index (χ1v) is 17.7. The second-order valence-electron chi connectivity index (χ2n) is 16.6. The highest BCUT2D eigenvalue weighted by atomic mass is 14.6. The Hall–Kier alpha value is -3.64. The van der Waals surface area contributed by atoms with Crippen molar-refractivity contribution in [1.29, 1.82) is 0 Å². The highest BCUT2D eigenvalue weighted by Crippen LogP contribution is 2.66. The maximum Gasteiger partial charge on any atom is 0.0473 e. The maximum atomic E-state index is 2.67. The number of aryl methyl sites for hydroxylation is 3. The van der Waals surface area contributed by atoms with E-state index >= 15 is 0 Å². The molecular formula is C46H50. The van der Waals surface area contributed by atoms with Gasteiger partial charge in [0.1, 0.15) is 0 Å². The Morgan fingerprint density at radius 2 is 1.52 bits per heavy atom. The Bertz CT molecular complexity index is 2120. The minimum Gasteiger partial charge on any atom is -0.0682 e. The third kappa shape index (κ3) is 3.74. The first-order valence-electron chi connectivity index (χ1n) is 17.7. The van der Waals surface area contributed by atoms with Crippen LogP contribution in [0.15, 0.2) is 71.8 Å². The first kappa shape index (κ1) is 29.7. The molecule has 4 aliphatic carbocycles. The topological polar surface area (TPSA) is 0 Å². The Labute approximate surface area is 277 Å². The molecule has 0 radical (unpaired) electrons. The monoisotopic (exact) mass is 602 g/mol. The predicted octanol–water partition coefficient (Wildman–Crippen LogP) is 12.2. The fourth-order valence-corrected chi connectivity index (χ4v) is 11.0. The molecule has 46 heavy (non-hydrogen) atoms. The number of hydrogen-bond acceptors (Lipinski definition) is 0. The third-order valence-electron chi connectivity index (χ3n) is 12.0. The summed E-state index contributed by atoms with van der Waals surface area (Å²) in [6, 6.07) is 19.9. The summed E-state index contributed by atoms with van der Waals surface area (Å²) in [6.45, 7) is 26.3. The van der Waals surface area contributed by atoms with Gasteiger partial charge in [-0.25, -0.2) is 0 Å². The molecule has 2 unspecified atom stereocenters. The van der Waals surface area contributed by atoms with Gasteiger partial charge in [-0.2, -0.15) is 0 Å². The van der Waals surface area contributed by atoms with Crippen LogP contribution in [0.25, 0.3) is 33.0 Å². The van der Waals surface area contributed by atoms with Gasteiger partial charge in [-0.15, -0.1) is 0 Å². The molecule has 0 fully saturated rings. The lowest BCUT2D eigenvalue weighted by molar-refractivity contribution is 0.336. The lowest BCUT2D eigenvalue weighted by atomic mass is 9.58. The summed E-state index contributed by atoms with van der Waals surface area (Å²) in [6.07, 6.45) is 7.31. The van der Waals surface area contributed by atoms with E-state index in [1.807, 2.05) is 0 Å². The molecule has 0 aromatic heterocycles. The van der Waals surface area contributed by atoms with E-state index in [4.69, 9.17) is 0 Å². The largest absolute Gasteiger partial charge is 0.0682 e. The molecule has 0 nitrogen and oxygen atoms in total. The van der Waals surface area contributed by atoms with E-state index in [-0.39, 0.29) is 10.8 Å². The Morgan fingerprint density at radius 1 is 0.783 bits per heavy atom. The highest BCUT2D eigenvalue weighted by Gasteiger charge is 2.54. The van der Waals surface area contributed by atoms with Gasteiger partial charge >= 0.3 is 0 Å². The van der Waals surface area contributed by atoms with Crippen molar-refractivity contribution in [1.82, 2.24) is 0 Å². The molecule has 2 atom stereocenters. The average Bonchev–Trinajstić information content (AvgIpc) is 3.52. The van der Waals surface area contributed by atoms with Gasteiger partial charge in [-0.3, -0.25) is 0 Å². The van der Waals surface area contributed by atoms with E-state index in [1.54, 1.807) is 22.3 Å². The Balaban J connectivity index is 1.48. The summed E-state index contributed by atoms with van der Waals surface area (Å²) in [4.78, 5) is 0. The van der Waals surface area contributed by atoms with Gasteiger partial charge in [0.05, 0.1) is 0 Å². The van der Waals surface area contributed by atoms with Gasteiger partial charge in [0.25, 0.3) is 0 Å². The fraction of sp³-hybridized carbons (Fsp3) is 0.391. The summed E-state index contributed by atoms with van der Waals surface area (Å²) in [7, 11) is 0. The standard InChI is InChI=1S/C46H50/c1-24(2)16-31-12-13-32-22-35-33-14-15-38-40(44(33)45(10,11)42(35)34(32)21-31)37-20-29(8)39-28(7)17-26(5)19-36(39)43(37)46(38)23-27(6)18-30(9)41(46)25(3)4/h12-15,17-21,23-25,41H,16,22H2,1-11H3. The number of rotatable bonds is 3. The zero-order chi connectivity index (χ0) is 32.6. The molecule has 8 rings (SSSR count). The molecule has 0 saturated carbocycles. The van der Waals surface area contributed by atoms with Crippen LogP contribution in [0.4, 0.5) is 0 Å². The van der Waals surface area contributed by atoms with Gasteiger partial charge in [0.15, 0.2) is 0 Å². The summed E-state index contributed by atoms with van der Waals surface area (Å²) in [5, 5.41) is 2.90. The summed E-state index contributed by atoms with van der Waals surface area (Å²) >= 11 is 0. The van der Waals surface area contributed by atoms with Crippen molar-refractivity contribution < 1.29 is 0 Å². The molecule has 4 aromatic carbocycles. The third-order valence-corrected chi connectivity index (χ3v) is 12.0. The molecule has 0 heteroatoms. The predicted molar refractivity (Wildman–Crippen MR) is 199 cm³/mol. The number of hydrogen-bond donors (Lipinski definition) is 0. The molecular weight excluding hydrogens is 553 g/mol. The molecule has 4 aromatic rings. The van der Waals surface area contributed by atoms with E-state index in [0.717, 1.165) is 12.8 Å². The van der Waals surface area contributed by atoms with Crippen LogP contribution in [0, 0.1) is 38.5 Å². The highest BCUT2D eigenvalue weighted by molar-refractivity contribution is 6.11. The quantitative estimate of drug-likeness (QED) is 0.219. The molecule has 0 amide bonds. The second kappa shape index (κ2) is 9.70. The number of fused-ring (bicyclic) bond motifs is 12. The van der Waals surface area contributed by atoms with Crippen molar-refractivity contribution in [3.05, 3.63) is 127 Å². The van der Waals surface area contributed by atoms with Crippen LogP contribution in [-0.2, 0) is 23.7 Å². The minimum absolute atomic E-state index is 0.0858. The van der Waals surface area contributed by atoms with Crippen LogP contribution in [0.1, 0.15) is 111 Å². The van der Waals surface area contributed by atoms with Crippen molar-refractivity contribution >= 4 is 21.9 Å². The smallest absolute Gasteiger partial charge is 0.0473 e. The zero-order valence-electron chi connectivity index (χ0n) is 29.9. The molecule has 0 aliphatic heterocycles. The van der Waals surface area contributed by atoms with E-state index in [2.05, 4.69) is 137 Å². The molecule has 0 bridgehead atoms. The molecule has 1 spiro atoms. The van der Waals surface area contributed by atoms with Crippen molar-refractivity contribution in [3.8, 4) is 11.1 Å². The van der Waals surface area contributed by atoms with Gasteiger partial charge in [0, 0.05) is 10.8 Å². The zero-order valence-corrected chi connectivity index (χ0v) is 29.9. The number of allylic oxidation sites excluding steroid dienone is 6. The van der Waals surface area contributed by atoms with Crippen molar-refractivity contribution in [2.75, 3.05) is 0 Å². The maximum absolute atomic E-state index is 2.67. The fourth-order valence-electron chi connectivity index (χ4n) is 11.0. The molecule has 4 aliphatic rings. The lowest BCUT2D eigenvalue weighted by Crippen LogP contribution is -2.39. The van der Waals surface area contributed by atoms with Crippen LogP contribution in [-0.4, -0.2) is 0 Å². The van der Waals surface area contributed by atoms with Crippen LogP contribution < -0.4 is 0 Å². The van der Waals surface area contributed by atoms with E-state index in [1.165, 1.54) is 77.6 Å². The first-order chi connectivity index (χ1) is 21.7. The molecule has 0 saturated heterocycles. The van der Waals surface area contributed by atoms with Crippen LogP contribution >= 0.6 is 0 Å². The van der Waals surface area contributed by atoms with Gasteiger partial charge in [-0.05, 0) is 148 Å². The van der Waals surface area contributed by atoms with Crippen LogP contribution in [0.2, 0.25) is 0 Å². The van der Waals surface area contributed by atoms with Gasteiger partial charge in [0.2, 0.25) is 0 Å². The Morgan fingerprint density at radius 3 is 2.24 bits per heavy atom. The SMILES string of the molecule is CC1=CC2(c3ccc4c(c3-c3cc(C)c5c(C)cc(C)cc5c32)C(C)(C)C2=C4Cc3ccc(CC(C)C)cc32)C(C(C)C)C(C)=C1. The van der Waals surface area contributed by atoms with Gasteiger partial charge < -0.3 is 0 Å². The van der Waals surface area contributed by atoms with Crippen LogP contribution in [0.5, 0.6) is 0 Å². The van der Waals surface area contributed by atoms with Gasteiger partial charge in [-0.1, -0.05) is 119 Å². The summed E-state index contributed by atoms with van der Waals surface area (Å²) in [5.74, 6) is 1.54. The normalized spacial score (nSPS) is 22.0. The summed E-state index contributed by atoms with van der Waals surface area (Å²) < 4.78 is 0. The van der Waals surface area contributed by atoms with E-state index < -0.39 is 0 Å². The van der Waals surface area contributed by atoms with Crippen molar-refractivity contribution in [2.24, 2.45) is 17.8 Å².